The number of aliphatic hydroxyl groups is 3. The average molecular weight is 548 g/mol. The van der Waals surface area contributed by atoms with E-state index in [1.165, 1.54) is 22.6 Å². The summed E-state index contributed by atoms with van der Waals surface area (Å²) < 4.78 is 26.7. The summed E-state index contributed by atoms with van der Waals surface area (Å²) in [7, 11) is 0. The molecule has 0 aliphatic carbocycles. The fourth-order valence-corrected chi connectivity index (χ4v) is 6.14. The van der Waals surface area contributed by atoms with Crippen LogP contribution in [0.2, 0.25) is 5.02 Å². The highest BCUT2D eigenvalue weighted by molar-refractivity contribution is 6.30. The maximum Gasteiger partial charge on any atom is 0.246 e. The van der Waals surface area contributed by atoms with Crippen LogP contribution in [0.5, 0.6) is 0 Å². The largest absolute Gasteiger partial charge is 0.389 e. The lowest BCUT2D eigenvalue weighted by molar-refractivity contribution is -0.183. The molecule has 1 spiro atoms. The van der Waals surface area contributed by atoms with Gasteiger partial charge in [0.15, 0.2) is 0 Å². The summed E-state index contributed by atoms with van der Waals surface area (Å²) in [5, 5.41) is 37.0. The van der Waals surface area contributed by atoms with Gasteiger partial charge >= 0.3 is 0 Å². The third-order valence-corrected chi connectivity index (χ3v) is 8.59. The molecule has 0 bridgehead atoms. The van der Waals surface area contributed by atoms with Crippen molar-refractivity contribution in [1.82, 2.24) is 9.80 Å². The Labute approximate surface area is 225 Å². The van der Waals surface area contributed by atoms with Gasteiger partial charge in [-0.25, -0.2) is 8.78 Å². The van der Waals surface area contributed by atoms with E-state index in [1.54, 1.807) is 0 Å². The van der Waals surface area contributed by atoms with Gasteiger partial charge in [-0.05, 0) is 73.8 Å². The highest BCUT2D eigenvalue weighted by atomic mass is 35.5. The van der Waals surface area contributed by atoms with E-state index in [0.29, 0.717) is 5.02 Å². The van der Waals surface area contributed by atoms with Crippen LogP contribution in [0.4, 0.5) is 14.5 Å². The number of nitrogens with zero attached hydrogens (tertiary/aromatic N) is 2. The smallest absolute Gasteiger partial charge is 0.246 e. The number of aliphatic hydroxyl groups excluding tert-OH is 2. The highest BCUT2D eigenvalue weighted by Gasteiger charge is 2.48. The number of carbonyl (C=O) groups is 1. The second-order valence-electron chi connectivity index (χ2n) is 10.7. The van der Waals surface area contributed by atoms with Gasteiger partial charge in [0.2, 0.25) is 5.91 Å². The number of hydrogen-bond acceptors (Lipinski definition) is 6. The number of halogens is 3. The Morgan fingerprint density at radius 3 is 2.53 bits per heavy atom. The molecule has 0 aromatic heterocycles. The minimum absolute atomic E-state index is 0.000656. The van der Waals surface area contributed by atoms with Gasteiger partial charge in [-0.15, -0.1) is 0 Å². The lowest BCUT2D eigenvalue weighted by Gasteiger charge is -2.46. The summed E-state index contributed by atoms with van der Waals surface area (Å²) in [4.78, 5) is 16.0. The summed E-state index contributed by atoms with van der Waals surface area (Å²) in [6.45, 7) is 2.49. The van der Waals surface area contributed by atoms with Crippen molar-refractivity contribution in [2.45, 2.75) is 42.5 Å². The lowest BCUT2D eigenvalue weighted by Crippen LogP contribution is -2.64. The molecule has 3 aliphatic heterocycles. The van der Waals surface area contributed by atoms with Gasteiger partial charge in [0.05, 0.1) is 6.10 Å². The molecule has 0 unspecified atom stereocenters. The van der Waals surface area contributed by atoms with E-state index in [9.17, 15) is 28.9 Å². The van der Waals surface area contributed by atoms with Crippen molar-refractivity contribution in [3.63, 3.8) is 0 Å². The summed E-state index contributed by atoms with van der Waals surface area (Å²) in [5.74, 6) is -1.95. The van der Waals surface area contributed by atoms with Crippen LogP contribution in [-0.2, 0) is 10.2 Å². The minimum Gasteiger partial charge on any atom is -0.389 e. The molecule has 7 nitrogen and oxygen atoms in total. The van der Waals surface area contributed by atoms with Crippen molar-refractivity contribution in [2.75, 3.05) is 44.6 Å². The first kappa shape index (κ1) is 27.0. The predicted molar refractivity (Wildman–Crippen MR) is 141 cm³/mol. The zero-order valence-electron chi connectivity index (χ0n) is 20.9. The van der Waals surface area contributed by atoms with Crippen molar-refractivity contribution in [3.05, 3.63) is 70.3 Å². The molecule has 38 heavy (non-hydrogen) atoms. The van der Waals surface area contributed by atoms with Crippen LogP contribution in [0.1, 0.15) is 30.4 Å². The zero-order valence-corrected chi connectivity index (χ0v) is 21.7. The fourth-order valence-electron chi connectivity index (χ4n) is 5.97. The molecule has 3 heterocycles. The Balaban J connectivity index is 1.15. The molecule has 5 rings (SSSR count). The Morgan fingerprint density at radius 2 is 1.84 bits per heavy atom. The highest BCUT2D eigenvalue weighted by Crippen LogP contribution is 2.45. The van der Waals surface area contributed by atoms with Gasteiger partial charge in [-0.1, -0.05) is 17.7 Å². The Hall–Kier alpha value is -2.56. The molecule has 4 N–H and O–H groups in total. The number of benzene rings is 2. The Morgan fingerprint density at radius 1 is 1.13 bits per heavy atom. The number of amides is 1. The lowest BCUT2D eigenvalue weighted by atomic mass is 9.74. The molecule has 0 radical (unpaired) electrons. The first-order chi connectivity index (χ1) is 18.1. The first-order valence-corrected chi connectivity index (χ1v) is 13.2. The third kappa shape index (κ3) is 5.31. The van der Waals surface area contributed by atoms with Crippen LogP contribution in [-0.4, -0.2) is 88.1 Å². The summed E-state index contributed by atoms with van der Waals surface area (Å²) in [6, 6.07) is 8.90. The maximum absolute atomic E-state index is 13.4. The number of likely N-dealkylation sites (tertiary alicyclic amines) is 2. The van der Waals surface area contributed by atoms with Gasteiger partial charge in [0.1, 0.15) is 23.3 Å². The molecule has 3 aliphatic rings. The van der Waals surface area contributed by atoms with Crippen molar-refractivity contribution < 1.29 is 28.9 Å². The van der Waals surface area contributed by atoms with Crippen molar-refractivity contribution in [1.29, 1.82) is 0 Å². The van der Waals surface area contributed by atoms with Gasteiger partial charge in [-0.2, -0.15) is 0 Å². The Bertz CT molecular complexity index is 1220. The molecular formula is C28H32ClF2N3O4. The quantitative estimate of drug-likeness (QED) is 0.430. The zero-order chi connectivity index (χ0) is 27.1. The van der Waals surface area contributed by atoms with Crippen LogP contribution in [0, 0.1) is 11.6 Å². The summed E-state index contributed by atoms with van der Waals surface area (Å²) >= 11 is 6.14. The van der Waals surface area contributed by atoms with Crippen LogP contribution in [0.3, 0.4) is 0 Å². The second kappa shape index (κ2) is 10.5. The van der Waals surface area contributed by atoms with Crippen LogP contribution < -0.4 is 5.32 Å². The number of piperidine rings is 2. The number of carbonyl (C=O) groups excluding carboxylic acids is 1. The summed E-state index contributed by atoms with van der Waals surface area (Å²) in [6.07, 6.45) is 1.73. The van der Waals surface area contributed by atoms with E-state index in [2.05, 4.69) is 16.3 Å². The second-order valence-corrected chi connectivity index (χ2v) is 11.2. The number of fused-ring (bicyclic) bond motifs is 2. The molecule has 2 saturated heterocycles. The number of hydrogen-bond donors (Lipinski definition) is 4. The van der Waals surface area contributed by atoms with Crippen molar-refractivity contribution >= 4 is 29.3 Å². The van der Waals surface area contributed by atoms with Crippen LogP contribution in [0.25, 0.3) is 6.08 Å². The fraction of sp³-hybridized carbons (Fsp3) is 0.464. The average Bonchev–Trinajstić information content (AvgIpc) is 3.22. The molecule has 2 fully saturated rings. The molecule has 2 aromatic rings. The van der Waals surface area contributed by atoms with E-state index in [4.69, 9.17) is 11.6 Å². The topological polar surface area (TPSA) is 96.3 Å². The van der Waals surface area contributed by atoms with E-state index in [1.807, 2.05) is 12.1 Å². The van der Waals surface area contributed by atoms with Gasteiger partial charge in [0, 0.05) is 54.4 Å². The minimum atomic E-state index is -1.75. The SMILES string of the molecule is O=C(/C=C/c1cc(F)cc(F)c1)N1CC[C@@](O)([C@H](O)CN2CCC3(CC2)CNc2cc(Cl)ccc23)[C@@H](O)C1. The number of rotatable bonds is 5. The number of nitrogens with one attached hydrogen (secondary N) is 1. The molecule has 3 atom stereocenters. The maximum atomic E-state index is 13.4. The van der Waals surface area contributed by atoms with E-state index < -0.39 is 35.4 Å². The van der Waals surface area contributed by atoms with E-state index in [0.717, 1.165) is 56.4 Å². The summed E-state index contributed by atoms with van der Waals surface area (Å²) in [5.41, 5.74) is 0.810. The van der Waals surface area contributed by atoms with E-state index in [-0.39, 0.29) is 37.0 Å². The molecule has 1 amide bonds. The Kier molecular flexibility index (Phi) is 7.50. The molecular weight excluding hydrogens is 516 g/mol. The predicted octanol–water partition coefficient (Wildman–Crippen LogP) is 2.78. The first-order valence-electron chi connectivity index (χ1n) is 12.9. The van der Waals surface area contributed by atoms with Gasteiger partial charge < -0.3 is 30.4 Å². The van der Waals surface area contributed by atoms with Crippen LogP contribution in [0.15, 0.2) is 42.5 Å². The van der Waals surface area contributed by atoms with Crippen molar-refractivity contribution in [3.8, 4) is 0 Å². The van der Waals surface area contributed by atoms with Gasteiger partial charge in [-0.3, -0.25) is 4.79 Å². The molecule has 2 aromatic carbocycles. The van der Waals surface area contributed by atoms with Crippen molar-refractivity contribution in [2.24, 2.45) is 0 Å². The molecule has 204 valence electrons. The van der Waals surface area contributed by atoms with E-state index >= 15 is 0 Å². The van der Waals surface area contributed by atoms with Gasteiger partial charge in [0.25, 0.3) is 0 Å². The molecule has 10 heteroatoms. The van der Waals surface area contributed by atoms with Crippen LogP contribution >= 0.6 is 11.6 Å². The standard InChI is InChI=1S/C28H32ClF2N3O4/c29-19-2-3-22-23(13-19)32-17-27(22)5-8-33(9-6-27)15-24(35)28(38)7-10-34(16-25(28)36)26(37)4-1-18-11-20(30)14-21(31)12-18/h1-4,11-14,24-25,32,35-36,38H,5-10,15-17H2/b4-1+/t24-,25+,28-/m1/s1. The number of anilines is 1. The monoisotopic (exact) mass is 547 g/mol. The molecule has 0 saturated carbocycles. The third-order valence-electron chi connectivity index (χ3n) is 8.36. The number of β-amino-alcohol motifs (C(OH)–C–C–N with tert-alkyl or cyclic N) is 2. The normalized spacial score (nSPS) is 25.9.